The van der Waals surface area contributed by atoms with E-state index in [-0.39, 0.29) is 5.56 Å². The van der Waals surface area contributed by atoms with Crippen LogP contribution in [0.2, 0.25) is 0 Å². The Morgan fingerprint density at radius 1 is 1.28 bits per heavy atom. The molecular weight excluding hydrogens is 322 g/mol. The average Bonchev–Trinajstić information content (AvgIpc) is 3.29. The van der Waals surface area contributed by atoms with Crippen molar-refractivity contribution in [1.29, 1.82) is 0 Å². The lowest BCUT2D eigenvalue weighted by molar-refractivity contribution is 0.0698. The number of aromatic carboxylic acids is 1. The zero-order valence-electron chi connectivity index (χ0n) is 13.5. The minimum Gasteiger partial charge on any atom is -0.493 e. The Hall–Kier alpha value is -2.93. The third-order valence-electron chi connectivity index (χ3n) is 4.28. The molecule has 128 valence electrons. The number of benzene rings is 1. The Kier molecular flexibility index (Phi) is 4.07. The molecule has 1 N–H and O–H groups in total. The third kappa shape index (κ3) is 3.18. The number of hydrogen-bond donors (Lipinski definition) is 1. The van der Waals surface area contributed by atoms with Crippen LogP contribution in [0.25, 0.3) is 16.8 Å². The van der Waals surface area contributed by atoms with E-state index in [0.29, 0.717) is 18.2 Å². The summed E-state index contributed by atoms with van der Waals surface area (Å²) in [6, 6.07) is 7.73. The molecule has 1 saturated heterocycles. The number of rotatable bonds is 5. The Morgan fingerprint density at radius 3 is 2.84 bits per heavy atom. The fourth-order valence-electron chi connectivity index (χ4n) is 2.85. The largest absolute Gasteiger partial charge is 0.493 e. The smallest absolute Gasteiger partial charge is 0.341 e. The van der Waals surface area contributed by atoms with Crippen LogP contribution in [0.1, 0.15) is 16.8 Å². The first-order chi connectivity index (χ1) is 12.2. The van der Waals surface area contributed by atoms with Gasteiger partial charge >= 0.3 is 5.97 Å². The summed E-state index contributed by atoms with van der Waals surface area (Å²) in [5, 5.41) is 13.2. The van der Waals surface area contributed by atoms with Crippen molar-refractivity contribution in [3.05, 3.63) is 48.4 Å². The Morgan fingerprint density at radius 2 is 2.12 bits per heavy atom. The van der Waals surface area contributed by atoms with Crippen LogP contribution in [0.3, 0.4) is 0 Å². The maximum absolute atomic E-state index is 11.1. The number of ether oxygens (including phenoxy) is 2. The van der Waals surface area contributed by atoms with Gasteiger partial charge in [-0.15, -0.1) is 0 Å². The minimum atomic E-state index is -1.04. The van der Waals surface area contributed by atoms with Crippen molar-refractivity contribution in [3.63, 3.8) is 0 Å². The molecule has 1 aliphatic rings. The summed E-state index contributed by atoms with van der Waals surface area (Å²) in [7, 11) is 0. The Bertz CT molecular complexity index is 898. The van der Waals surface area contributed by atoms with Crippen LogP contribution in [0.5, 0.6) is 5.75 Å². The monoisotopic (exact) mass is 339 g/mol. The van der Waals surface area contributed by atoms with Gasteiger partial charge in [0.05, 0.1) is 19.4 Å². The highest BCUT2D eigenvalue weighted by atomic mass is 16.5. The van der Waals surface area contributed by atoms with E-state index in [9.17, 15) is 4.79 Å². The predicted molar refractivity (Wildman–Crippen MR) is 89.8 cm³/mol. The number of carboxylic acid groups (broad SMARTS) is 1. The van der Waals surface area contributed by atoms with Crippen molar-refractivity contribution < 1.29 is 19.4 Å². The molecule has 1 fully saturated rings. The second kappa shape index (κ2) is 6.52. The van der Waals surface area contributed by atoms with Crippen LogP contribution in [-0.2, 0) is 4.74 Å². The SMILES string of the molecule is O=C(O)c1cnn2cc(-c3ccc(OCC4CCOC4)cc3)cnc12. The van der Waals surface area contributed by atoms with Gasteiger partial charge in [-0.05, 0) is 24.1 Å². The van der Waals surface area contributed by atoms with E-state index in [1.165, 1.54) is 10.7 Å². The number of nitrogens with zero attached hydrogens (tertiary/aromatic N) is 3. The van der Waals surface area contributed by atoms with Gasteiger partial charge in [0.15, 0.2) is 5.65 Å². The molecule has 1 unspecified atom stereocenters. The number of carbonyl (C=O) groups is 1. The molecule has 3 aromatic rings. The summed E-state index contributed by atoms with van der Waals surface area (Å²) in [5.74, 6) is 0.246. The summed E-state index contributed by atoms with van der Waals surface area (Å²) >= 11 is 0. The van der Waals surface area contributed by atoms with Crippen molar-refractivity contribution in [2.75, 3.05) is 19.8 Å². The molecule has 1 aromatic carbocycles. The number of aromatic nitrogens is 3. The minimum absolute atomic E-state index is 0.0891. The van der Waals surface area contributed by atoms with E-state index in [4.69, 9.17) is 14.6 Å². The summed E-state index contributed by atoms with van der Waals surface area (Å²) in [4.78, 5) is 15.3. The van der Waals surface area contributed by atoms with Crippen LogP contribution in [-0.4, -0.2) is 45.5 Å². The zero-order chi connectivity index (χ0) is 17.2. The van der Waals surface area contributed by atoms with E-state index in [1.54, 1.807) is 12.4 Å². The van der Waals surface area contributed by atoms with Crippen LogP contribution >= 0.6 is 0 Å². The highest BCUT2D eigenvalue weighted by Crippen LogP contribution is 2.23. The second-order valence-electron chi connectivity index (χ2n) is 6.04. The van der Waals surface area contributed by atoms with E-state index in [0.717, 1.165) is 36.5 Å². The molecule has 0 radical (unpaired) electrons. The maximum Gasteiger partial charge on any atom is 0.341 e. The first-order valence-electron chi connectivity index (χ1n) is 8.08. The molecule has 3 heterocycles. The number of hydrogen-bond acceptors (Lipinski definition) is 5. The zero-order valence-corrected chi connectivity index (χ0v) is 13.5. The van der Waals surface area contributed by atoms with Gasteiger partial charge in [-0.25, -0.2) is 14.3 Å². The van der Waals surface area contributed by atoms with Gasteiger partial charge in [0, 0.05) is 30.5 Å². The van der Waals surface area contributed by atoms with E-state index >= 15 is 0 Å². The third-order valence-corrected chi connectivity index (χ3v) is 4.28. The van der Waals surface area contributed by atoms with Crippen molar-refractivity contribution in [2.24, 2.45) is 5.92 Å². The van der Waals surface area contributed by atoms with Crippen molar-refractivity contribution in [2.45, 2.75) is 6.42 Å². The van der Waals surface area contributed by atoms with Gasteiger partial charge in [0.25, 0.3) is 0 Å². The van der Waals surface area contributed by atoms with Crippen molar-refractivity contribution in [1.82, 2.24) is 14.6 Å². The van der Waals surface area contributed by atoms with Gasteiger partial charge in [0.2, 0.25) is 0 Å². The fraction of sp³-hybridized carbons (Fsp3) is 0.278. The van der Waals surface area contributed by atoms with Crippen molar-refractivity contribution in [3.8, 4) is 16.9 Å². The van der Waals surface area contributed by atoms with E-state index in [1.807, 2.05) is 24.3 Å². The quantitative estimate of drug-likeness (QED) is 0.769. The van der Waals surface area contributed by atoms with E-state index in [2.05, 4.69) is 10.1 Å². The molecule has 2 aromatic heterocycles. The highest BCUT2D eigenvalue weighted by Gasteiger charge is 2.16. The fourth-order valence-corrected chi connectivity index (χ4v) is 2.85. The lowest BCUT2D eigenvalue weighted by Gasteiger charge is -2.10. The van der Waals surface area contributed by atoms with Gasteiger partial charge in [-0.2, -0.15) is 5.10 Å². The molecule has 25 heavy (non-hydrogen) atoms. The van der Waals surface area contributed by atoms with Crippen LogP contribution < -0.4 is 4.74 Å². The second-order valence-corrected chi connectivity index (χ2v) is 6.04. The molecule has 0 saturated carbocycles. The van der Waals surface area contributed by atoms with Crippen LogP contribution in [0.15, 0.2) is 42.9 Å². The summed E-state index contributed by atoms with van der Waals surface area (Å²) in [5.41, 5.74) is 2.22. The number of carboxylic acids is 1. The molecule has 0 amide bonds. The van der Waals surface area contributed by atoms with Crippen LogP contribution in [0, 0.1) is 5.92 Å². The molecule has 0 aliphatic carbocycles. The number of fused-ring (bicyclic) bond motifs is 1. The predicted octanol–water partition coefficient (Wildman–Crippen LogP) is 2.51. The topological polar surface area (TPSA) is 86.0 Å². The summed E-state index contributed by atoms with van der Waals surface area (Å²) < 4.78 is 12.6. The molecule has 7 nitrogen and oxygen atoms in total. The standard InChI is InChI=1S/C18H17N3O4/c22-18(23)16-8-20-21-9-14(7-19-17(16)21)13-1-3-15(4-2-13)25-11-12-5-6-24-10-12/h1-4,7-9,12H,5-6,10-11H2,(H,22,23). The highest BCUT2D eigenvalue weighted by molar-refractivity contribution is 5.94. The van der Waals surface area contributed by atoms with Gasteiger partial charge in [0.1, 0.15) is 11.3 Å². The molecule has 0 spiro atoms. The normalized spacial score (nSPS) is 17.0. The first kappa shape index (κ1) is 15.6. The van der Waals surface area contributed by atoms with Gasteiger partial charge in [-0.3, -0.25) is 0 Å². The van der Waals surface area contributed by atoms with Crippen LogP contribution in [0.4, 0.5) is 0 Å². The molecule has 1 aliphatic heterocycles. The molecule has 4 rings (SSSR count). The maximum atomic E-state index is 11.1. The lowest BCUT2D eigenvalue weighted by atomic mass is 10.1. The lowest BCUT2D eigenvalue weighted by Crippen LogP contribution is -2.11. The van der Waals surface area contributed by atoms with E-state index < -0.39 is 5.97 Å². The Balaban J connectivity index is 1.51. The summed E-state index contributed by atoms with van der Waals surface area (Å²) in [6.07, 6.45) is 5.76. The molecule has 1 atom stereocenters. The average molecular weight is 339 g/mol. The Labute approximate surface area is 143 Å². The van der Waals surface area contributed by atoms with Gasteiger partial charge in [-0.1, -0.05) is 12.1 Å². The van der Waals surface area contributed by atoms with Crippen molar-refractivity contribution >= 4 is 11.6 Å². The first-order valence-corrected chi connectivity index (χ1v) is 8.08. The van der Waals surface area contributed by atoms with Gasteiger partial charge < -0.3 is 14.6 Å². The molecule has 7 heteroatoms. The molecular formula is C18H17N3O4. The summed E-state index contributed by atoms with van der Waals surface area (Å²) in [6.45, 7) is 2.25. The molecule has 0 bridgehead atoms.